The summed E-state index contributed by atoms with van der Waals surface area (Å²) < 4.78 is 5.62. The van der Waals surface area contributed by atoms with Crippen molar-refractivity contribution in [3.05, 3.63) is 64.7 Å². The van der Waals surface area contributed by atoms with E-state index >= 15 is 0 Å². The smallest absolute Gasteiger partial charge is 0.269 e. The van der Waals surface area contributed by atoms with Crippen molar-refractivity contribution >= 4 is 16.6 Å². The number of fused-ring (bicyclic) bond motifs is 1. The van der Waals surface area contributed by atoms with Gasteiger partial charge in [-0.1, -0.05) is 18.2 Å². The fraction of sp³-hybridized carbons (Fsp3) is 0. The molecule has 19 heavy (non-hydrogen) atoms. The van der Waals surface area contributed by atoms with Gasteiger partial charge in [0.15, 0.2) is 5.88 Å². The number of H-pyrrole nitrogens is 1. The van der Waals surface area contributed by atoms with Gasteiger partial charge in [0, 0.05) is 29.1 Å². The van der Waals surface area contributed by atoms with Gasteiger partial charge in [0.25, 0.3) is 5.69 Å². The van der Waals surface area contributed by atoms with E-state index in [-0.39, 0.29) is 5.69 Å². The van der Waals surface area contributed by atoms with Crippen molar-refractivity contribution in [2.45, 2.75) is 0 Å². The average molecular weight is 254 g/mol. The zero-order valence-electron chi connectivity index (χ0n) is 9.87. The number of non-ortho nitro benzene ring substituents is 1. The van der Waals surface area contributed by atoms with Crippen LogP contribution in [0.5, 0.6) is 11.6 Å². The third-order valence-electron chi connectivity index (χ3n) is 2.78. The van der Waals surface area contributed by atoms with Gasteiger partial charge in [-0.25, -0.2) is 0 Å². The van der Waals surface area contributed by atoms with Crippen LogP contribution in [0.4, 0.5) is 5.69 Å². The summed E-state index contributed by atoms with van der Waals surface area (Å²) in [6.07, 6.45) is 0. The minimum atomic E-state index is -0.438. The lowest BCUT2D eigenvalue weighted by atomic mass is 10.2. The van der Waals surface area contributed by atoms with Crippen LogP contribution in [-0.2, 0) is 0 Å². The highest BCUT2D eigenvalue weighted by atomic mass is 16.6. The molecular weight excluding hydrogens is 244 g/mol. The third kappa shape index (κ3) is 2.26. The molecule has 0 amide bonds. The number of hydrogen-bond donors (Lipinski definition) is 1. The standard InChI is InChI=1S/C14H10N2O3/c17-16(18)11-5-7-12(8-6-11)19-14-9-10-3-1-2-4-13(10)15-14/h1-9,15H. The van der Waals surface area contributed by atoms with Gasteiger partial charge in [-0.3, -0.25) is 10.1 Å². The van der Waals surface area contributed by atoms with E-state index in [4.69, 9.17) is 4.74 Å². The molecule has 0 fully saturated rings. The van der Waals surface area contributed by atoms with Gasteiger partial charge in [0.05, 0.1) is 4.92 Å². The first-order valence-electron chi connectivity index (χ1n) is 5.72. The van der Waals surface area contributed by atoms with Gasteiger partial charge in [-0.05, 0) is 18.2 Å². The first-order valence-corrected chi connectivity index (χ1v) is 5.72. The van der Waals surface area contributed by atoms with Crippen LogP contribution in [0.15, 0.2) is 54.6 Å². The molecule has 0 saturated heterocycles. The minimum absolute atomic E-state index is 0.0454. The minimum Gasteiger partial charge on any atom is -0.441 e. The zero-order chi connectivity index (χ0) is 13.2. The fourth-order valence-electron chi connectivity index (χ4n) is 1.86. The number of aromatic nitrogens is 1. The number of nitrogens with zero attached hydrogens (tertiary/aromatic N) is 1. The average Bonchev–Trinajstić information content (AvgIpc) is 2.81. The molecule has 0 saturated carbocycles. The van der Waals surface area contributed by atoms with Crippen LogP contribution in [-0.4, -0.2) is 9.91 Å². The van der Waals surface area contributed by atoms with Crippen LogP contribution < -0.4 is 4.74 Å². The number of rotatable bonds is 3. The van der Waals surface area contributed by atoms with Crippen molar-refractivity contribution < 1.29 is 9.66 Å². The van der Waals surface area contributed by atoms with E-state index in [1.54, 1.807) is 12.1 Å². The monoisotopic (exact) mass is 254 g/mol. The zero-order valence-corrected chi connectivity index (χ0v) is 9.87. The van der Waals surface area contributed by atoms with E-state index in [9.17, 15) is 10.1 Å². The molecule has 0 atom stereocenters. The molecule has 0 aliphatic heterocycles. The summed E-state index contributed by atoms with van der Waals surface area (Å²) in [6, 6.07) is 15.7. The molecule has 0 bridgehead atoms. The Morgan fingerprint density at radius 2 is 1.79 bits per heavy atom. The van der Waals surface area contributed by atoms with Gasteiger partial charge in [-0.2, -0.15) is 0 Å². The maximum atomic E-state index is 10.5. The summed E-state index contributed by atoms with van der Waals surface area (Å²) in [5.41, 5.74) is 1.03. The molecule has 1 heterocycles. The molecule has 3 aromatic rings. The van der Waals surface area contributed by atoms with E-state index in [1.807, 2.05) is 30.3 Å². The second-order valence-corrected chi connectivity index (χ2v) is 4.07. The molecular formula is C14H10N2O3. The van der Waals surface area contributed by atoms with Crippen LogP contribution in [0, 0.1) is 10.1 Å². The fourth-order valence-corrected chi connectivity index (χ4v) is 1.86. The van der Waals surface area contributed by atoms with Crippen molar-refractivity contribution in [1.82, 2.24) is 4.98 Å². The van der Waals surface area contributed by atoms with Gasteiger partial charge < -0.3 is 9.72 Å². The number of hydrogen-bond acceptors (Lipinski definition) is 3. The Morgan fingerprint density at radius 1 is 1.05 bits per heavy atom. The summed E-state index contributed by atoms with van der Waals surface area (Å²) in [5, 5.41) is 11.6. The molecule has 0 aliphatic carbocycles. The van der Waals surface area contributed by atoms with Crippen LogP contribution in [0.25, 0.3) is 10.9 Å². The van der Waals surface area contributed by atoms with Gasteiger partial charge in [0.1, 0.15) is 5.75 Å². The molecule has 5 nitrogen and oxygen atoms in total. The summed E-state index contributed by atoms with van der Waals surface area (Å²) >= 11 is 0. The number of ether oxygens (including phenoxy) is 1. The predicted octanol–water partition coefficient (Wildman–Crippen LogP) is 3.87. The Morgan fingerprint density at radius 3 is 2.47 bits per heavy atom. The number of nitro benzene ring substituents is 1. The summed E-state index contributed by atoms with van der Waals surface area (Å²) in [7, 11) is 0. The lowest BCUT2D eigenvalue weighted by Crippen LogP contribution is -1.88. The van der Waals surface area contributed by atoms with Gasteiger partial charge >= 0.3 is 0 Å². The van der Waals surface area contributed by atoms with Gasteiger partial charge in [0.2, 0.25) is 0 Å². The lowest BCUT2D eigenvalue weighted by molar-refractivity contribution is -0.384. The van der Waals surface area contributed by atoms with E-state index in [0.29, 0.717) is 11.6 Å². The first kappa shape index (κ1) is 11.3. The van der Waals surface area contributed by atoms with Crippen LogP contribution in [0.2, 0.25) is 0 Å². The Balaban J connectivity index is 1.86. The first-order chi connectivity index (χ1) is 9.22. The number of nitrogens with one attached hydrogen (secondary N) is 1. The van der Waals surface area contributed by atoms with E-state index in [1.165, 1.54) is 12.1 Å². The van der Waals surface area contributed by atoms with Gasteiger partial charge in [-0.15, -0.1) is 0 Å². The van der Waals surface area contributed by atoms with Crippen LogP contribution in [0.1, 0.15) is 0 Å². The molecule has 5 heteroatoms. The van der Waals surface area contributed by atoms with Crippen molar-refractivity contribution in [3.8, 4) is 11.6 Å². The Labute approximate surface area is 108 Å². The number of para-hydroxylation sites is 1. The summed E-state index contributed by atoms with van der Waals surface area (Å²) in [5.74, 6) is 1.16. The topological polar surface area (TPSA) is 68.2 Å². The highest BCUT2D eigenvalue weighted by molar-refractivity contribution is 5.81. The second-order valence-electron chi connectivity index (χ2n) is 4.07. The highest BCUT2D eigenvalue weighted by Gasteiger charge is 2.06. The molecule has 2 aromatic carbocycles. The number of aromatic amines is 1. The molecule has 0 spiro atoms. The predicted molar refractivity (Wildman–Crippen MR) is 71.5 cm³/mol. The molecule has 94 valence electrons. The molecule has 0 radical (unpaired) electrons. The second kappa shape index (κ2) is 4.45. The Hall–Kier alpha value is -2.82. The third-order valence-corrected chi connectivity index (χ3v) is 2.78. The highest BCUT2D eigenvalue weighted by Crippen LogP contribution is 2.26. The van der Waals surface area contributed by atoms with Crippen molar-refractivity contribution in [1.29, 1.82) is 0 Å². The number of benzene rings is 2. The molecule has 0 unspecified atom stereocenters. The quantitative estimate of drug-likeness (QED) is 0.569. The summed E-state index contributed by atoms with van der Waals surface area (Å²) in [4.78, 5) is 13.2. The maximum absolute atomic E-state index is 10.5. The van der Waals surface area contributed by atoms with E-state index < -0.39 is 4.92 Å². The summed E-state index contributed by atoms with van der Waals surface area (Å²) in [6.45, 7) is 0. The molecule has 1 aromatic heterocycles. The van der Waals surface area contributed by atoms with Crippen molar-refractivity contribution in [2.75, 3.05) is 0 Å². The largest absolute Gasteiger partial charge is 0.441 e. The van der Waals surface area contributed by atoms with Crippen LogP contribution >= 0.6 is 0 Å². The maximum Gasteiger partial charge on any atom is 0.269 e. The molecule has 3 rings (SSSR count). The van der Waals surface area contributed by atoms with Crippen molar-refractivity contribution in [2.24, 2.45) is 0 Å². The Kier molecular flexibility index (Phi) is 2.64. The SMILES string of the molecule is O=[N+]([O-])c1ccc(Oc2cc3ccccc3[nH]2)cc1. The molecule has 0 aliphatic rings. The molecule has 1 N–H and O–H groups in total. The normalized spacial score (nSPS) is 10.5. The number of nitro groups is 1. The Bertz CT molecular complexity index is 699. The lowest BCUT2D eigenvalue weighted by Gasteiger charge is -2.01. The van der Waals surface area contributed by atoms with E-state index in [2.05, 4.69) is 4.98 Å². The van der Waals surface area contributed by atoms with Crippen LogP contribution in [0.3, 0.4) is 0 Å². The van der Waals surface area contributed by atoms with Crippen molar-refractivity contribution in [3.63, 3.8) is 0 Å². The van der Waals surface area contributed by atoms with E-state index in [0.717, 1.165) is 10.9 Å².